The van der Waals surface area contributed by atoms with Crippen LogP contribution >= 0.6 is 11.3 Å². The minimum atomic E-state index is -0.661. The molecule has 112 valence electrons. The molecule has 21 heavy (non-hydrogen) atoms. The summed E-state index contributed by atoms with van der Waals surface area (Å²) in [6, 6.07) is 3.73. The molecule has 0 aromatic carbocycles. The molecule has 2 rings (SSSR count). The molecule has 0 radical (unpaired) electrons. The highest BCUT2D eigenvalue weighted by atomic mass is 32.1. The largest absolute Gasteiger partial charge is 0.462 e. The van der Waals surface area contributed by atoms with Crippen LogP contribution in [0.25, 0.3) is 10.4 Å². The van der Waals surface area contributed by atoms with E-state index in [-0.39, 0.29) is 24.5 Å². The van der Waals surface area contributed by atoms with Crippen LogP contribution in [0.3, 0.4) is 0 Å². The number of carbonyl (C=O) groups is 2. The highest BCUT2D eigenvalue weighted by molar-refractivity contribution is 7.13. The summed E-state index contributed by atoms with van der Waals surface area (Å²) < 4.78 is 15.5. The van der Waals surface area contributed by atoms with Gasteiger partial charge in [0.15, 0.2) is 0 Å². The van der Waals surface area contributed by atoms with Gasteiger partial charge in [-0.1, -0.05) is 6.07 Å². The maximum atomic E-state index is 12.2. The fourth-order valence-electron chi connectivity index (χ4n) is 2.00. The van der Waals surface area contributed by atoms with Gasteiger partial charge >= 0.3 is 11.9 Å². The number of esters is 2. The van der Waals surface area contributed by atoms with E-state index in [1.807, 2.05) is 17.5 Å². The minimum Gasteiger partial charge on any atom is -0.462 e. The zero-order valence-electron chi connectivity index (χ0n) is 12.1. The highest BCUT2D eigenvalue weighted by Gasteiger charge is 2.31. The van der Waals surface area contributed by atoms with E-state index in [1.165, 1.54) is 11.3 Å². The second-order valence-corrected chi connectivity index (χ2v) is 5.10. The fraction of sp³-hybridized carbons (Fsp3) is 0.333. The van der Waals surface area contributed by atoms with E-state index >= 15 is 0 Å². The molecule has 2 aromatic rings. The van der Waals surface area contributed by atoms with Crippen molar-refractivity contribution in [3.05, 3.63) is 34.6 Å². The SMILES string of the molecule is CCOC(=O)c1oc(C)c(-c2cccs2)c1C(=O)OCC. The Hall–Kier alpha value is -2.08. The molecule has 0 unspecified atom stereocenters. The number of aryl methyl sites for hydroxylation is 1. The summed E-state index contributed by atoms with van der Waals surface area (Å²) in [4.78, 5) is 25.0. The molecule has 0 aliphatic rings. The van der Waals surface area contributed by atoms with Crippen LogP contribution in [-0.4, -0.2) is 25.2 Å². The first kappa shape index (κ1) is 15.3. The first-order chi connectivity index (χ1) is 10.1. The fourth-order valence-corrected chi connectivity index (χ4v) is 2.83. The van der Waals surface area contributed by atoms with Gasteiger partial charge in [-0.05, 0) is 32.2 Å². The molecule has 0 aliphatic heterocycles. The van der Waals surface area contributed by atoms with Gasteiger partial charge in [-0.3, -0.25) is 0 Å². The van der Waals surface area contributed by atoms with Crippen molar-refractivity contribution in [2.75, 3.05) is 13.2 Å². The molecule has 0 spiro atoms. The van der Waals surface area contributed by atoms with Crippen molar-refractivity contribution in [3.63, 3.8) is 0 Å². The van der Waals surface area contributed by atoms with E-state index in [0.29, 0.717) is 11.3 Å². The van der Waals surface area contributed by atoms with Gasteiger partial charge < -0.3 is 13.9 Å². The van der Waals surface area contributed by atoms with Crippen LogP contribution in [0.5, 0.6) is 0 Å². The zero-order valence-corrected chi connectivity index (χ0v) is 12.9. The summed E-state index contributed by atoms with van der Waals surface area (Å²) in [6.45, 7) is 5.53. The Kier molecular flexibility index (Phi) is 4.80. The van der Waals surface area contributed by atoms with Crippen molar-refractivity contribution in [2.45, 2.75) is 20.8 Å². The quantitative estimate of drug-likeness (QED) is 0.788. The summed E-state index contributed by atoms with van der Waals surface area (Å²) in [7, 11) is 0. The van der Waals surface area contributed by atoms with Crippen LogP contribution in [0, 0.1) is 6.92 Å². The van der Waals surface area contributed by atoms with Gasteiger partial charge in [0, 0.05) is 10.4 Å². The van der Waals surface area contributed by atoms with Gasteiger partial charge in [-0.25, -0.2) is 9.59 Å². The lowest BCUT2D eigenvalue weighted by Gasteiger charge is -2.04. The van der Waals surface area contributed by atoms with E-state index in [1.54, 1.807) is 20.8 Å². The van der Waals surface area contributed by atoms with Gasteiger partial charge in [0.2, 0.25) is 5.76 Å². The lowest BCUT2D eigenvalue weighted by Crippen LogP contribution is -2.12. The van der Waals surface area contributed by atoms with Crippen LogP contribution in [0.15, 0.2) is 21.9 Å². The molecule has 0 saturated carbocycles. The Bertz CT molecular complexity index is 639. The first-order valence-electron chi connectivity index (χ1n) is 6.61. The summed E-state index contributed by atoms with van der Waals surface area (Å²) in [5.74, 6) is -0.855. The van der Waals surface area contributed by atoms with Crippen molar-refractivity contribution in [3.8, 4) is 10.4 Å². The van der Waals surface area contributed by atoms with Crippen LogP contribution in [-0.2, 0) is 9.47 Å². The van der Waals surface area contributed by atoms with Crippen molar-refractivity contribution >= 4 is 23.3 Å². The number of ether oxygens (including phenoxy) is 2. The van der Waals surface area contributed by atoms with Crippen LogP contribution < -0.4 is 0 Å². The number of rotatable bonds is 5. The normalized spacial score (nSPS) is 10.4. The number of hydrogen-bond donors (Lipinski definition) is 0. The smallest absolute Gasteiger partial charge is 0.375 e. The van der Waals surface area contributed by atoms with Gasteiger partial charge in [0.1, 0.15) is 11.3 Å². The molecule has 0 N–H and O–H groups in total. The van der Waals surface area contributed by atoms with E-state index < -0.39 is 11.9 Å². The third-order valence-electron chi connectivity index (χ3n) is 2.79. The first-order valence-corrected chi connectivity index (χ1v) is 7.49. The Labute approximate surface area is 126 Å². The molecule has 0 aliphatic carbocycles. The highest BCUT2D eigenvalue weighted by Crippen LogP contribution is 2.36. The van der Waals surface area contributed by atoms with E-state index in [0.717, 1.165) is 4.88 Å². The number of thiophene rings is 1. The van der Waals surface area contributed by atoms with Gasteiger partial charge in [0.05, 0.1) is 13.2 Å². The van der Waals surface area contributed by atoms with Crippen LogP contribution in [0.4, 0.5) is 0 Å². The number of carbonyl (C=O) groups excluding carboxylic acids is 2. The third-order valence-corrected chi connectivity index (χ3v) is 3.68. The van der Waals surface area contributed by atoms with E-state index in [4.69, 9.17) is 13.9 Å². The minimum absolute atomic E-state index is 0.101. The van der Waals surface area contributed by atoms with Crippen molar-refractivity contribution in [1.29, 1.82) is 0 Å². The predicted octanol–water partition coefficient (Wildman–Crippen LogP) is 3.67. The Balaban J connectivity index is 2.59. The summed E-state index contributed by atoms with van der Waals surface area (Å²) in [6.07, 6.45) is 0. The number of hydrogen-bond acceptors (Lipinski definition) is 6. The average molecular weight is 308 g/mol. The summed E-state index contributed by atoms with van der Waals surface area (Å²) >= 11 is 1.46. The molecule has 0 atom stereocenters. The summed E-state index contributed by atoms with van der Waals surface area (Å²) in [5, 5.41) is 1.89. The number of furan rings is 1. The Morgan fingerprint density at radius 1 is 1.19 bits per heavy atom. The van der Waals surface area contributed by atoms with Crippen LogP contribution in [0.2, 0.25) is 0 Å². The third kappa shape index (κ3) is 3.00. The zero-order chi connectivity index (χ0) is 15.4. The second kappa shape index (κ2) is 6.58. The Morgan fingerprint density at radius 2 is 1.86 bits per heavy atom. The molecule has 6 heteroatoms. The predicted molar refractivity (Wildman–Crippen MR) is 78.7 cm³/mol. The molecular weight excluding hydrogens is 292 g/mol. The molecule has 5 nitrogen and oxygen atoms in total. The standard InChI is InChI=1S/C15H16O5S/c1-4-18-14(16)12-11(10-7-6-8-21-10)9(3)20-13(12)15(17)19-5-2/h6-8H,4-5H2,1-3H3. The van der Waals surface area contributed by atoms with Crippen molar-refractivity contribution in [2.24, 2.45) is 0 Å². The van der Waals surface area contributed by atoms with Crippen molar-refractivity contribution in [1.82, 2.24) is 0 Å². The molecule has 0 bridgehead atoms. The van der Waals surface area contributed by atoms with Gasteiger partial charge in [-0.2, -0.15) is 0 Å². The lowest BCUT2D eigenvalue weighted by atomic mass is 10.1. The molecule has 2 aromatic heterocycles. The second-order valence-electron chi connectivity index (χ2n) is 4.16. The topological polar surface area (TPSA) is 65.7 Å². The molecular formula is C15H16O5S. The van der Waals surface area contributed by atoms with Gasteiger partial charge in [-0.15, -0.1) is 11.3 Å². The van der Waals surface area contributed by atoms with E-state index in [9.17, 15) is 9.59 Å². The molecule has 0 amide bonds. The van der Waals surface area contributed by atoms with E-state index in [2.05, 4.69) is 0 Å². The lowest BCUT2D eigenvalue weighted by molar-refractivity contribution is 0.0451. The molecule has 0 fully saturated rings. The summed E-state index contributed by atoms with van der Waals surface area (Å²) in [5.41, 5.74) is 0.724. The average Bonchev–Trinajstić information content (AvgIpc) is 3.06. The molecule has 0 saturated heterocycles. The monoisotopic (exact) mass is 308 g/mol. The van der Waals surface area contributed by atoms with Gasteiger partial charge in [0.25, 0.3) is 0 Å². The molecule has 2 heterocycles. The van der Waals surface area contributed by atoms with Crippen molar-refractivity contribution < 1.29 is 23.5 Å². The van der Waals surface area contributed by atoms with Crippen LogP contribution in [0.1, 0.15) is 40.5 Å². The maximum absolute atomic E-state index is 12.2. The maximum Gasteiger partial charge on any atom is 0.375 e. The Morgan fingerprint density at radius 3 is 2.43 bits per heavy atom.